The molecule has 0 bridgehead atoms. The van der Waals surface area contributed by atoms with Crippen LogP contribution in [0, 0.1) is 0 Å². The zero-order valence-corrected chi connectivity index (χ0v) is 11.8. The maximum absolute atomic E-state index is 5.75. The van der Waals surface area contributed by atoms with Crippen LogP contribution in [-0.2, 0) is 11.3 Å². The number of halogens is 1. The van der Waals surface area contributed by atoms with Crippen LogP contribution in [0.15, 0.2) is 10.5 Å². The van der Waals surface area contributed by atoms with E-state index in [1.807, 2.05) is 6.07 Å². The van der Waals surface area contributed by atoms with E-state index in [4.69, 9.17) is 20.1 Å². The lowest BCUT2D eigenvalue weighted by atomic mass is 10.1. The van der Waals surface area contributed by atoms with Crippen LogP contribution in [0.4, 0.5) is 0 Å². The second-order valence-corrected chi connectivity index (χ2v) is 4.72. The van der Waals surface area contributed by atoms with E-state index in [0.29, 0.717) is 26.2 Å². The first-order valence-electron chi connectivity index (χ1n) is 5.74. The third-order valence-corrected chi connectivity index (χ3v) is 3.30. The molecule has 1 aliphatic heterocycles. The average Bonchev–Trinajstić information content (AvgIpc) is 2.60. The number of methoxy groups -OCH3 is 1. The van der Waals surface area contributed by atoms with Crippen LogP contribution in [0.25, 0.3) is 0 Å². The van der Waals surface area contributed by atoms with Crippen molar-refractivity contribution in [2.45, 2.75) is 12.8 Å². The highest BCUT2D eigenvalue weighted by Crippen LogP contribution is 2.44. The van der Waals surface area contributed by atoms with Crippen LogP contribution in [0.1, 0.15) is 12.0 Å². The standard InChI is InChI=1S/C12H16BrNO4/c1-15-11-8(3-6-18-14)12-10(7-9(11)13)16-4-2-5-17-12/h7H,2-6,14H2,1H3. The first-order chi connectivity index (χ1) is 8.77. The van der Waals surface area contributed by atoms with Crippen LogP contribution >= 0.6 is 15.9 Å². The summed E-state index contributed by atoms with van der Waals surface area (Å²) >= 11 is 3.47. The van der Waals surface area contributed by atoms with E-state index in [2.05, 4.69) is 20.8 Å². The van der Waals surface area contributed by atoms with Gasteiger partial charge >= 0.3 is 0 Å². The topological polar surface area (TPSA) is 62.9 Å². The van der Waals surface area contributed by atoms with Crippen molar-refractivity contribution in [3.05, 3.63) is 16.1 Å². The Bertz CT molecular complexity index is 425. The van der Waals surface area contributed by atoms with E-state index in [0.717, 1.165) is 33.7 Å². The van der Waals surface area contributed by atoms with Gasteiger partial charge in [-0.15, -0.1) is 0 Å². The van der Waals surface area contributed by atoms with E-state index < -0.39 is 0 Å². The summed E-state index contributed by atoms with van der Waals surface area (Å²) in [5.74, 6) is 7.28. The number of fused-ring (bicyclic) bond motifs is 1. The van der Waals surface area contributed by atoms with Crippen LogP contribution in [-0.4, -0.2) is 26.9 Å². The molecular formula is C12H16BrNO4. The zero-order chi connectivity index (χ0) is 13.0. The summed E-state index contributed by atoms with van der Waals surface area (Å²) in [6.07, 6.45) is 1.46. The highest BCUT2D eigenvalue weighted by molar-refractivity contribution is 9.10. The number of hydrogen-bond acceptors (Lipinski definition) is 5. The van der Waals surface area contributed by atoms with Crippen molar-refractivity contribution in [2.75, 3.05) is 26.9 Å². The number of benzene rings is 1. The third kappa shape index (κ3) is 2.71. The molecule has 1 aliphatic rings. The molecule has 0 aromatic heterocycles. The predicted molar refractivity (Wildman–Crippen MR) is 70.1 cm³/mol. The summed E-state index contributed by atoms with van der Waals surface area (Å²) in [7, 11) is 1.62. The van der Waals surface area contributed by atoms with E-state index >= 15 is 0 Å². The van der Waals surface area contributed by atoms with Crippen molar-refractivity contribution in [3.63, 3.8) is 0 Å². The lowest BCUT2D eigenvalue weighted by Crippen LogP contribution is -2.07. The maximum atomic E-state index is 5.75. The molecule has 0 saturated heterocycles. The van der Waals surface area contributed by atoms with Gasteiger partial charge in [0.15, 0.2) is 11.5 Å². The molecule has 1 aromatic rings. The van der Waals surface area contributed by atoms with Crippen molar-refractivity contribution in [1.29, 1.82) is 0 Å². The third-order valence-electron chi connectivity index (χ3n) is 2.71. The van der Waals surface area contributed by atoms with Crippen LogP contribution < -0.4 is 20.1 Å². The van der Waals surface area contributed by atoms with Crippen molar-refractivity contribution in [1.82, 2.24) is 0 Å². The van der Waals surface area contributed by atoms with Gasteiger partial charge in [0.25, 0.3) is 0 Å². The largest absolute Gasteiger partial charge is 0.495 e. The van der Waals surface area contributed by atoms with Gasteiger partial charge in [-0.3, -0.25) is 0 Å². The molecule has 2 N–H and O–H groups in total. The molecule has 0 unspecified atom stereocenters. The predicted octanol–water partition coefficient (Wildman–Crippen LogP) is 2.05. The fraction of sp³-hybridized carbons (Fsp3) is 0.500. The number of hydrogen-bond donors (Lipinski definition) is 1. The molecule has 0 spiro atoms. The first-order valence-corrected chi connectivity index (χ1v) is 6.54. The van der Waals surface area contributed by atoms with Crippen molar-refractivity contribution in [3.8, 4) is 17.2 Å². The second kappa shape index (κ2) is 6.26. The Morgan fingerprint density at radius 3 is 2.89 bits per heavy atom. The first kappa shape index (κ1) is 13.5. The van der Waals surface area contributed by atoms with Crippen molar-refractivity contribution < 1.29 is 19.0 Å². The maximum Gasteiger partial charge on any atom is 0.168 e. The highest BCUT2D eigenvalue weighted by Gasteiger charge is 2.21. The highest BCUT2D eigenvalue weighted by atomic mass is 79.9. The van der Waals surface area contributed by atoms with E-state index in [9.17, 15) is 0 Å². The minimum absolute atomic E-state index is 0.391. The van der Waals surface area contributed by atoms with Gasteiger partial charge in [0.2, 0.25) is 0 Å². The molecule has 2 rings (SSSR count). The van der Waals surface area contributed by atoms with Gasteiger partial charge in [0.05, 0.1) is 31.4 Å². The minimum Gasteiger partial charge on any atom is -0.495 e. The summed E-state index contributed by atoms with van der Waals surface area (Å²) < 4.78 is 17.7. The molecule has 0 aliphatic carbocycles. The minimum atomic E-state index is 0.391. The average molecular weight is 318 g/mol. The molecule has 100 valence electrons. The smallest absolute Gasteiger partial charge is 0.168 e. The Morgan fingerprint density at radius 1 is 1.39 bits per heavy atom. The second-order valence-electron chi connectivity index (χ2n) is 3.87. The van der Waals surface area contributed by atoms with Gasteiger partial charge in [-0.05, 0) is 15.9 Å². The lowest BCUT2D eigenvalue weighted by molar-refractivity contribution is 0.140. The molecule has 0 saturated carbocycles. The Kier molecular flexibility index (Phi) is 4.68. The van der Waals surface area contributed by atoms with E-state index in [-0.39, 0.29) is 0 Å². The van der Waals surface area contributed by atoms with Crippen LogP contribution in [0.5, 0.6) is 17.2 Å². The quantitative estimate of drug-likeness (QED) is 0.861. The van der Waals surface area contributed by atoms with E-state index in [1.165, 1.54) is 0 Å². The Hall–Kier alpha value is -0.980. The molecule has 0 atom stereocenters. The fourth-order valence-electron chi connectivity index (χ4n) is 1.93. The Labute approximate surface area is 114 Å². The van der Waals surface area contributed by atoms with Crippen molar-refractivity contribution in [2.24, 2.45) is 5.90 Å². The molecule has 0 radical (unpaired) electrons. The molecule has 0 fully saturated rings. The fourth-order valence-corrected chi connectivity index (χ4v) is 2.54. The van der Waals surface area contributed by atoms with Gasteiger partial charge in [-0.2, -0.15) is 0 Å². The summed E-state index contributed by atoms with van der Waals surface area (Å²) in [6, 6.07) is 1.87. The Balaban J connectivity index is 2.46. The Morgan fingerprint density at radius 2 is 2.17 bits per heavy atom. The lowest BCUT2D eigenvalue weighted by Gasteiger charge is -2.17. The van der Waals surface area contributed by atoms with Gasteiger partial charge in [-0.1, -0.05) is 0 Å². The summed E-state index contributed by atoms with van der Waals surface area (Å²) in [6.45, 7) is 1.68. The molecular weight excluding hydrogens is 302 g/mol. The van der Waals surface area contributed by atoms with Crippen LogP contribution in [0.2, 0.25) is 0 Å². The molecule has 5 nitrogen and oxygen atoms in total. The van der Waals surface area contributed by atoms with E-state index in [1.54, 1.807) is 7.11 Å². The monoisotopic (exact) mass is 317 g/mol. The number of ether oxygens (including phenoxy) is 3. The van der Waals surface area contributed by atoms with Crippen LogP contribution in [0.3, 0.4) is 0 Å². The molecule has 18 heavy (non-hydrogen) atoms. The van der Waals surface area contributed by atoms with Gasteiger partial charge in [-0.25, -0.2) is 5.90 Å². The molecule has 0 amide bonds. The molecule has 6 heteroatoms. The summed E-state index contributed by atoms with van der Waals surface area (Å²) in [5.41, 5.74) is 0.911. The molecule has 1 heterocycles. The number of nitrogens with two attached hydrogens (primary N) is 1. The van der Waals surface area contributed by atoms with Gasteiger partial charge in [0.1, 0.15) is 5.75 Å². The van der Waals surface area contributed by atoms with Crippen molar-refractivity contribution >= 4 is 15.9 Å². The molecule has 1 aromatic carbocycles. The normalized spacial score (nSPS) is 14.2. The van der Waals surface area contributed by atoms with Gasteiger partial charge in [0, 0.05) is 24.5 Å². The number of rotatable bonds is 4. The zero-order valence-electron chi connectivity index (χ0n) is 10.2. The SMILES string of the molecule is COc1c(Br)cc2c(c1CCON)OCCCO2. The summed E-state index contributed by atoms with van der Waals surface area (Å²) in [4.78, 5) is 4.64. The summed E-state index contributed by atoms with van der Waals surface area (Å²) in [5, 5.41) is 0. The van der Waals surface area contributed by atoms with Gasteiger partial charge < -0.3 is 19.0 Å².